The molecule has 3 aliphatic rings. The van der Waals surface area contributed by atoms with Gasteiger partial charge in [0.25, 0.3) is 0 Å². The highest BCUT2D eigenvalue weighted by molar-refractivity contribution is 5.22. The molecule has 2 saturated carbocycles. The van der Waals surface area contributed by atoms with Crippen LogP contribution in [0, 0.1) is 17.3 Å². The van der Waals surface area contributed by atoms with Gasteiger partial charge >= 0.3 is 0 Å². The molecule has 0 spiro atoms. The van der Waals surface area contributed by atoms with Crippen molar-refractivity contribution >= 4 is 0 Å². The van der Waals surface area contributed by atoms with Gasteiger partial charge in [0.15, 0.2) is 0 Å². The first kappa shape index (κ1) is 12.9. The fourth-order valence-corrected chi connectivity index (χ4v) is 4.79. The van der Waals surface area contributed by atoms with Gasteiger partial charge in [0.05, 0.1) is 17.8 Å². The Kier molecular flexibility index (Phi) is 2.51. The fourth-order valence-electron chi connectivity index (χ4n) is 4.79. The van der Waals surface area contributed by atoms with Crippen LogP contribution in [-0.4, -0.2) is 33.6 Å². The molecule has 6 atom stereocenters. The van der Waals surface area contributed by atoms with Crippen LogP contribution in [0.15, 0.2) is 0 Å². The highest BCUT2D eigenvalue weighted by Crippen LogP contribution is 2.65. The maximum absolute atomic E-state index is 10.4. The van der Waals surface area contributed by atoms with Gasteiger partial charge in [-0.1, -0.05) is 13.8 Å². The molecule has 1 aliphatic heterocycles. The molecular weight excluding hydrogens is 228 g/mol. The summed E-state index contributed by atoms with van der Waals surface area (Å²) in [6, 6.07) is 0. The highest BCUT2D eigenvalue weighted by atomic mass is 16.6. The second-order valence-corrected chi connectivity index (χ2v) is 7.59. The zero-order valence-corrected chi connectivity index (χ0v) is 11.9. The predicted molar refractivity (Wildman–Crippen MR) is 69.1 cm³/mol. The minimum absolute atomic E-state index is 0.0203. The van der Waals surface area contributed by atoms with Crippen molar-refractivity contribution in [2.75, 3.05) is 0 Å². The van der Waals surface area contributed by atoms with Gasteiger partial charge in [-0.05, 0) is 56.8 Å². The van der Waals surface area contributed by atoms with E-state index in [1.54, 1.807) is 0 Å². The average molecular weight is 254 g/mol. The van der Waals surface area contributed by atoms with Gasteiger partial charge in [-0.2, -0.15) is 0 Å². The summed E-state index contributed by atoms with van der Waals surface area (Å²) in [5.74, 6) is 0.967. The van der Waals surface area contributed by atoms with E-state index in [1.807, 2.05) is 13.8 Å². The Morgan fingerprint density at radius 3 is 2.50 bits per heavy atom. The van der Waals surface area contributed by atoms with Crippen molar-refractivity contribution in [1.29, 1.82) is 0 Å². The molecule has 18 heavy (non-hydrogen) atoms. The lowest BCUT2D eigenvalue weighted by Gasteiger charge is -2.52. The monoisotopic (exact) mass is 254 g/mol. The molecule has 0 amide bonds. The molecule has 0 aromatic heterocycles. The maximum Gasteiger partial charge on any atom is 0.123 e. The Balaban J connectivity index is 1.93. The summed E-state index contributed by atoms with van der Waals surface area (Å²) < 4.78 is 6.02. The third-order valence-corrected chi connectivity index (χ3v) is 6.17. The zero-order valence-electron chi connectivity index (χ0n) is 11.9. The minimum atomic E-state index is -0.777. The number of fused-ring (bicyclic) bond motifs is 3. The second-order valence-electron chi connectivity index (χ2n) is 7.59. The largest absolute Gasteiger partial charge is 0.393 e. The molecule has 0 aromatic carbocycles. The number of rotatable bonds is 1. The second kappa shape index (κ2) is 3.50. The molecule has 3 fully saturated rings. The van der Waals surface area contributed by atoms with E-state index in [-0.39, 0.29) is 23.2 Å². The first-order valence-corrected chi connectivity index (χ1v) is 7.31. The summed E-state index contributed by atoms with van der Waals surface area (Å²) in [5.41, 5.74) is -1.14. The summed E-state index contributed by atoms with van der Waals surface area (Å²) >= 11 is 0. The lowest BCUT2D eigenvalue weighted by Crippen LogP contribution is -2.56. The van der Waals surface area contributed by atoms with Crippen LogP contribution in [0.25, 0.3) is 0 Å². The summed E-state index contributed by atoms with van der Waals surface area (Å²) in [4.78, 5) is 0. The molecule has 104 valence electrons. The van der Waals surface area contributed by atoms with Crippen molar-refractivity contribution in [3.05, 3.63) is 0 Å². The number of aliphatic hydroxyl groups excluding tert-OH is 1. The highest BCUT2D eigenvalue weighted by Gasteiger charge is 2.73. The standard InChI is InChI=1S/C15H26O3/c1-9-5-6-10(16)14(4)7-8-15(13(2,3)17)12(18-15)11(9)14/h9-12,16-17H,5-8H2,1-4H3/t9-,10-,11-,12+,14+,15-/m0/s1. The van der Waals surface area contributed by atoms with Crippen molar-refractivity contribution < 1.29 is 14.9 Å². The van der Waals surface area contributed by atoms with Crippen molar-refractivity contribution in [3.63, 3.8) is 0 Å². The Morgan fingerprint density at radius 1 is 1.22 bits per heavy atom. The third kappa shape index (κ3) is 1.41. The number of ether oxygens (including phenoxy) is 1. The first-order valence-electron chi connectivity index (χ1n) is 7.31. The maximum atomic E-state index is 10.4. The molecule has 0 aromatic rings. The number of epoxide rings is 1. The van der Waals surface area contributed by atoms with E-state index in [1.165, 1.54) is 0 Å². The van der Waals surface area contributed by atoms with Crippen LogP contribution in [0.5, 0.6) is 0 Å². The summed E-state index contributed by atoms with van der Waals surface area (Å²) in [6.07, 6.45) is 3.75. The fraction of sp³-hybridized carbons (Fsp3) is 1.00. The van der Waals surface area contributed by atoms with Crippen molar-refractivity contribution in [3.8, 4) is 0 Å². The van der Waals surface area contributed by atoms with Gasteiger partial charge < -0.3 is 14.9 Å². The first-order chi connectivity index (χ1) is 8.22. The molecule has 0 bridgehead atoms. The van der Waals surface area contributed by atoms with Gasteiger partial charge in [-0.15, -0.1) is 0 Å². The van der Waals surface area contributed by atoms with Crippen molar-refractivity contribution in [2.24, 2.45) is 17.3 Å². The van der Waals surface area contributed by atoms with Gasteiger partial charge in [0.2, 0.25) is 0 Å². The van der Waals surface area contributed by atoms with Gasteiger partial charge in [-0.25, -0.2) is 0 Å². The van der Waals surface area contributed by atoms with Crippen LogP contribution in [0.3, 0.4) is 0 Å². The van der Waals surface area contributed by atoms with Gasteiger partial charge in [-0.3, -0.25) is 0 Å². The predicted octanol–water partition coefficient (Wildman–Crippen LogP) is 2.10. The molecule has 1 heterocycles. The quantitative estimate of drug-likeness (QED) is 0.705. The number of hydrogen-bond donors (Lipinski definition) is 2. The van der Waals surface area contributed by atoms with Gasteiger partial charge in [0, 0.05) is 0 Å². The van der Waals surface area contributed by atoms with Crippen LogP contribution in [-0.2, 0) is 4.74 Å². The van der Waals surface area contributed by atoms with E-state index < -0.39 is 5.60 Å². The average Bonchev–Trinajstić information content (AvgIpc) is 2.98. The normalized spacial score (nSPS) is 55.7. The Bertz CT molecular complexity index is 361. The molecule has 3 rings (SSSR count). The Hall–Kier alpha value is -0.120. The molecule has 0 radical (unpaired) electrons. The molecular formula is C15H26O3. The SMILES string of the molecule is C[C@H]1CC[C@H](O)[C@@]2(C)CC[C@]3(C(C)(C)O)O[C@@H]3[C@H]12. The number of aliphatic hydroxyl groups is 2. The van der Waals surface area contributed by atoms with E-state index in [2.05, 4.69) is 13.8 Å². The molecule has 3 nitrogen and oxygen atoms in total. The summed E-state index contributed by atoms with van der Waals surface area (Å²) in [6.45, 7) is 8.21. The van der Waals surface area contributed by atoms with Crippen LogP contribution in [0.4, 0.5) is 0 Å². The van der Waals surface area contributed by atoms with Crippen LogP contribution < -0.4 is 0 Å². The van der Waals surface area contributed by atoms with Crippen molar-refractivity contribution in [1.82, 2.24) is 0 Å². The lowest BCUT2D eigenvalue weighted by molar-refractivity contribution is -0.0996. The van der Waals surface area contributed by atoms with Crippen LogP contribution in [0.1, 0.15) is 53.4 Å². The Labute approximate surface area is 110 Å². The van der Waals surface area contributed by atoms with Crippen LogP contribution >= 0.6 is 0 Å². The summed E-state index contributed by atoms with van der Waals surface area (Å²) in [5, 5.41) is 20.8. The van der Waals surface area contributed by atoms with E-state index in [0.717, 1.165) is 25.7 Å². The van der Waals surface area contributed by atoms with E-state index in [0.29, 0.717) is 11.8 Å². The molecule has 2 aliphatic carbocycles. The van der Waals surface area contributed by atoms with Gasteiger partial charge in [0.1, 0.15) is 5.60 Å². The smallest absolute Gasteiger partial charge is 0.123 e. The molecule has 2 N–H and O–H groups in total. The van der Waals surface area contributed by atoms with E-state index >= 15 is 0 Å². The molecule has 1 saturated heterocycles. The van der Waals surface area contributed by atoms with Crippen molar-refractivity contribution in [2.45, 2.75) is 76.8 Å². The topological polar surface area (TPSA) is 53.0 Å². The van der Waals surface area contributed by atoms with E-state index in [4.69, 9.17) is 4.74 Å². The zero-order chi connectivity index (χ0) is 13.3. The van der Waals surface area contributed by atoms with Crippen LogP contribution in [0.2, 0.25) is 0 Å². The number of hydrogen-bond acceptors (Lipinski definition) is 3. The third-order valence-electron chi connectivity index (χ3n) is 6.17. The lowest BCUT2D eigenvalue weighted by atomic mass is 9.52. The molecule has 3 heteroatoms. The Morgan fingerprint density at radius 2 is 1.89 bits per heavy atom. The van der Waals surface area contributed by atoms with E-state index in [9.17, 15) is 10.2 Å². The minimum Gasteiger partial charge on any atom is -0.393 e. The molecule has 0 unspecified atom stereocenters. The summed E-state index contributed by atoms with van der Waals surface area (Å²) in [7, 11) is 0.